The average molecular weight is 421 g/mol. The van der Waals surface area contributed by atoms with Crippen molar-refractivity contribution in [3.63, 3.8) is 0 Å². The summed E-state index contributed by atoms with van der Waals surface area (Å²) in [5.41, 5.74) is 2.81. The highest BCUT2D eigenvalue weighted by atomic mass is 16.4. The summed E-state index contributed by atoms with van der Waals surface area (Å²) >= 11 is 0. The molecule has 0 unspecified atom stereocenters. The number of carbonyl (C=O) groups is 2. The van der Waals surface area contributed by atoms with Crippen molar-refractivity contribution in [2.24, 2.45) is 7.05 Å². The van der Waals surface area contributed by atoms with Gasteiger partial charge in [-0.05, 0) is 18.2 Å². The Morgan fingerprint density at radius 2 is 1.65 bits per heavy atom. The van der Waals surface area contributed by atoms with Crippen LogP contribution in [-0.2, 0) is 18.3 Å². The van der Waals surface area contributed by atoms with Crippen molar-refractivity contribution < 1.29 is 14.7 Å². The lowest BCUT2D eigenvalue weighted by Crippen LogP contribution is -2.48. The second-order valence-electron chi connectivity index (χ2n) is 7.90. The van der Waals surface area contributed by atoms with E-state index in [0.29, 0.717) is 12.1 Å². The number of amides is 1. The maximum absolute atomic E-state index is 12.6. The number of hydrogen-bond acceptors (Lipinski definition) is 4. The minimum absolute atomic E-state index is 0.0603. The summed E-state index contributed by atoms with van der Waals surface area (Å²) in [5.74, 6) is -1.17. The third-order valence-corrected chi connectivity index (χ3v) is 6.00. The molecule has 4 rings (SSSR count). The highest BCUT2D eigenvalue weighted by Gasteiger charge is 2.22. The first-order chi connectivity index (χ1) is 15.0. The number of carboxylic acid groups (broad SMARTS) is 1. The third kappa shape index (κ3) is 4.56. The zero-order chi connectivity index (χ0) is 21.8. The van der Waals surface area contributed by atoms with Crippen molar-refractivity contribution in [3.05, 3.63) is 65.9 Å². The predicted octanol–water partition coefficient (Wildman–Crippen LogP) is 2.36. The van der Waals surface area contributed by atoms with Gasteiger partial charge in [-0.15, -0.1) is 0 Å². The van der Waals surface area contributed by atoms with Crippen LogP contribution in [-0.4, -0.2) is 65.7 Å². The number of anilines is 1. The first-order valence-electron chi connectivity index (χ1n) is 10.6. The molecule has 2 aromatic carbocycles. The Balaban J connectivity index is 1.30. The van der Waals surface area contributed by atoms with Gasteiger partial charge in [0.15, 0.2) is 0 Å². The maximum Gasteiger partial charge on any atom is 0.352 e. The lowest BCUT2D eigenvalue weighted by Gasteiger charge is -2.36. The smallest absolute Gasteiger partial charge is 0.352 e. The largest absolute Gasteiger partial charge is 0.477 e. The zero-order valence-electron chi connectivity index (χ0n) is 17.8. The van der Waals surface area contributed by atoms with Gasteiger partial charge in [0, 0.05) is 68.5 Å². The number of rotatable bonds is 7. The Labute approximate surface area is 181 Å². The summed E-state index contributed by atoms with van der Waals surface area (Å²) in [6.45, 7) is 5.19. The van der Waals surface area contributed by atoms with Crippen molar-refractivity contribution in [2.75, 3.05) is 44.2 Å². The van der Waals surface area contributed by atoms with Crippen LogP contribution in [0, 0.1) is 0 Å². The van der Waals surface area contributed by atoms with E-state index in [-0.39, 0.29) is 18.0 Å². The number of carbonyl (C=O) groups excluding carboxylic acids is 1. The zero-order valence-corrected chi connectivity index (χ0v) is 17.8. The van der Waals surface area contributed by atoms with Crippen molar-refractivity contribution >= 4 is 28.5 Å². The van der Waals surface area contributed by atoms with Gasteiger partial charge in [0.05, 0.1) is 6.42 Å². The molecule has 2 heterocycles. The van der Waals surface area contributed by atoms with Crippen LogP contribution < -0.4 is 10.2 Å². The van der Waals surface area contributed by atoms with Crippen LogP contribution in [0.15, 0.2) is 54.6 Å². The highest BCUT2D eigenvalue weighted by molar-refractivity contribution is 6.00. The lowest BCUT2D eigenvalue weighted by atomic mass is 10.1. The SMILES string of the molecule is Cn1c(C(=O)O)c(CC(=O)NCCN2CCN(c3ccccc3)CC2)c2ccccc21. The van der Waals surface area contributed by atoms with E-state index in [1.54, 1.807) is 11.6 Å². The average Bonchev–Trinajstić information content (AvgIpc) is 3.07. The number of fused-ring (bicyclic) bond motifs is 1. The number of carboxylic acids is 1. The summed E-state index contributed by atoms with van der Waals surface area (Å²) in [6.07, 6.45) is 0.0603. The van der Waals surface area contributed by atoms with Crippen LogP contribution in [0.2, 0.25) is 0 Å². The molecule has 0 aliphatic carbocycles. The molecule has 0 saturated carbocycles. The molecule has 0 radical (unpaired) electrons. The standard InChI is InChI=1S/C24H28N4O3/c1-26-21-10-6-5-9-19(21)20(23(26)24(30)31)17-22(29)25-11-12-27-13-15-28(16-14-27)18-7-3-2-4-8-18/h2-10H,11-17H2,1H3,(H,25,29)(H,30,31). The maximum atomic E-state index is 12.6. The molecule has 1 aromatic heterocycles. The fourth-order valence-electron chi connectivity index (χ4n) is 4.37. The number of piperazine rings is 1. The topological polar surface area (TPSA) is 77.8 Å². The molecule has 3 aromatic rings. The monoisotopic (exact) mass is 420 g/mol. The van der Waals surface area contributed by atoms with E-state index in [1.165, 1.54) is 5.69 Å². The molecular weight excluding hydrogens is 392 g/mol. The van der Waals surface area contributed by atoms with Gasteiger partial charge in [-0.2, -0.15) is 0 Å². The molecule has 0 spiro atoms. The first-order valence-corrected chi connectivity index (χ1v) is 10.6. The second-order valence-corrected chi connectivity index (χ2v) is 7.90. The van der Waals surface area contributed by atoms with E-state index >= 15 is 0 Å². The number of aryl methyl sites for hydroxylation is 1. The van der Waals surface area contributed by atoms with Crippen molar-refractivity contribution in [2.45, 2.75) is 6.42 Å². The number of para-hydroxylation sites is 2. The molecule has 1 aliphatic rings. The molecule has 162 valence electrons. The van der Waals surface area contributed by atoms with Gasteiger partial charge < -0.3 is 19.9 Å². The summed E-state index contributed by atoms with van der Waals surface area (Å²) in [6, 6.07) is 17.9. The summed E-state index contributed by atoms with van der Waals surface area (Å²) in [5, 5.41) is 13.4. The lowest BCUT2D eigenvalue weighted by molar-refractivity contribution is -0.120. The Hall–Kier alpha value is -3.32. The fourth-order valence-corrected chi connectivity index (χ4v) is 4.37. The molecule has 31 heavy (non-hydrogen) atoms. The van der Waals surface area contributed by atoms with Crippen LogP contribution in [0.25, 0.3) is 10.9 Å². The van der Waals surface area contributed by atoms with Gasteiger partial charge in [0.1, 0.15) is 5.69 Å². The van der Waals surface area contributed by atoms with Gasteiger partial charge in [-0.25, -0.2) is 4.79 Å². The number of aromatic nitrogens is 1. The van der Waals surface area contributed by atoms with Gasteiger partial charge in [-0.1, -0.05) is 36.4 Å². The van der Waals surface area contributed by atoms with E-state index in [9.17, 15) is 14.7 Å². The van der Waals surface area contributed by atoms with Gasteiger partial charge >= 0.3 is 5.97 Å². The normalized spacial score (nSPS) is 14.7. The molecule has 0 atom stereocenters. The summed E-state index contributed by atoms with van der Waals surface area (Å²) in [7, 11) is 1.72. The minimum atomic E-state index is -1.02. The molecule has 1 saturated heterocycles. The van der Waals surface area contributed by atoms with E-state index < -0.39 is 5.97 Å². The molecule has 1 amide bonds. The van der Waals surface area contributed by atoms with Crippen molar-refractivity contribution in [3.8, 4) is 0 Å². The van der Waals surface area contributed by atoms with E-state index in [0.717, 1.165) is 43.6 Å². The molecule has 1 aliphatic heterocycles. The molecule has 7 nitrogen and oxygen atoms in total. The molecule has 0 bridgehead atoms. The number of nitrogens with one attached hydrogen (secondary N) is 1. The molecule has 2 N–H and O–H groups in total. The first kappa shape index (κ1) is 20.9. The third-order valence-electron chi connectivity index (χ3n) is 6.00. The van der Waals surface area contributed by atoms with E-state index in [4.69, 9.17) is 0 Å². The van der Waals surface area contributed by atoms with Gasteiger partial charge in [0.2, 0.25) is 5.91 Å². The Kier molecular flexibility index (Phi) is 6.23. The fraction of sp³-hybridized carbons (Fsp3) is 0.333. The summed E-state index contributed by atoms with van der Waals surface area (Å²) < 4.78 is 1.65. The quantitative estimate of drug-likeness (QED) is 0.614. The van der Waals surface area contributed by atoms with Gasteiger partial charge in [-0.3, -0.25) is 9.69 Å². The van der Waals surface area contributed by atoms with Gasteiger partial charge in [0.25, 0.3) is 0 Å². The molecule has 7 heteroatoms. The van der Waals surface area contributed by atoms with Crippen molar-refractivity contribution in [1.29, 1.82) is 0 Å². The van der Waals surface area contributed by atoms with E-state index in [1.807, 2.05) is 30.3 Å². The van der Waals surface area contributed by atoms with Crippen molar-refractivity contribution in [1.82, 2.24) is 14.8 Å². The van der Waals surface area contributed by atoms with Crippen LogP contribution >= 0.6 is 0 Å². The van der Waals surface area contributed by atoms with E-state index in [2.05, 4.69) is 39.4 Å². The van der Waals surface area contributed by atoms with Crippen LogP contribution in [0.3, 0.4) is 0 Å². The Bertz CT molecular complexity index is 1070. The number of benzene rings is 2. The Morgan fingerprint density at radius 3 is 2.35 bits per heavy atom. The van der Waals surface area contributed by atoms with Crippen LogP contribution in [0.4, 0.5) is 5.69 Å². The second kappa shape index (κ2) is 9.22. The number of hydrogen-bond donors (Lipinski definition) is 2. The minimum Gasteiger partial charge on any atom is -0.477 e. The number of aromatic carboxylic acids is 1. The molecular formula is C24H28N4O3. The highest BCUT2D eigenvalue weighted by Crippen LogP contribution is 2.26. The Morgan fingerprint density at radius 1 is 0.968 bits per heavy atom. The number of nitrogens with zero attached hydrogens (tertiary/aromatic N) is 3. The van der Waals surface area contributed by atoms with Crippen LogP contribution in [0.1, 0.15) is 16.1 Å². The predicted molar refractivity (Wildman–Crippen MR) is 122 cm³/mol. The van der Waals surface area contributed by atoms with Crippen LogP contribution in [0.5, 0.6) is 0 Å². The molecule has 1 fully saturated rings. The summed E-state index contributed by atoms with van der Waals surface area (Å²) in [4.78, 5) is 29.1.